The van der Waals surface area contributed by atoms with Gasteiger partial charge in [-0.2, -0.15) is 0 Å². The third-order valence-corrected chi connectivity index (χ3v) is 5.76. The molecule has 3 aromatic carbocycles. The Bertz CT molecular complexity index is 1220. The molecule has 3 aromatic rings. The summed E-state index contributed by atoms with van der Waals surface area (Å²) >= 11 is 6.12. The normalized spacial score (nSPS) is 13.9. The standard InChI is InChI=1S/C27H27ClN4O2/c1-32(2)16-6-15-29-26(33)19-9-12-21(13-10-19)30-25(18-7-4-3-5-8-18)24-22-14-11-20(28)17-23(22)31-27(24)34/h3-5,7-14,17,30H,6,15-16H2,1-2H3,(H,29,33)(H,31,34)/b25-24-. The third kappa shape index (κ3) is 5.47. The zero-order valence-corrected chi connectivity index (χ0v) is 19.9. The fourth-order valence-corrected chi connectivity index (χ4v) is 4.00. The molecule has 0 unspecified atom stereocenters. The highest BCUT2D eigenvalue weighted by Crippen LogP contribution is 2.38. The Hall–Kier alpha value is -3.61. The number of carbonyl (C=O) groups excluding carboxylic acids is 2. The van der Waals surface area contributed by atoms with Gasteiger partial charge < -0.3 is 20.9 Å². The average molecular weight is 475 g/mol. The maximum Gasteiger partial charge on any atom is 0.258 e. The van der Waals surface area contributed by atoms with Gasteiger partial charge >= 0.3 is 0 Å². The van der Waals surface area contributed by atoms with E-state index in [0.29, 0.717) is 34.1 Å². The van der Waals surface area contributed by atoms with E-state index in [0.717, 1.165) is 29.8 Å². The van der Waals surface area contributed by atoms with Crippen molar-refractivity contribution >= 4 is 46.1 Å². The second-order valence-corrected chi connectivity index (χ2v) is 8.81. The van der Waals surface area contributed by atoms with E-state index >= 15 is 0 Å². The highest BCUT2D eigenvalue weighted by Gasteiger charge is 2.28. The fourth-order valence-electron chi connectivity index (χ4n) is 3.83. The molecule has 0 fully saturated rings. The topological polar surface area (TPSA) is 73.5 Å². The van der Waals surface area contributed by atoms with Gasteiger partial charge in [0.2, 0.25) is 0 Å². The quantitative estimate of drug-likeness (QED) is 0.319. The van der Waals surface area contributed by atoms with E-state index in [4.69, 9.17) is 11.6 Å². The van der Waals surface area contributed by atoms with Crippen molar-refractivity contribution in [1.29, 1.82) is 0 Å². The van der Waals surface area contributed by atoms with E-state index in [1.54, 1.807) is 24.3 Å². The molecule has 0 aliphatic carbocycles. The zero-order chi connectivity index (χ0) is 24.1. The maximum atomic E-state index is 13.0. The molecule has 174 valence electrons. The lowest BCUT2D eigenvalue weighted by Crippen LogP contribution is -2.27. The second kappa shape index (κ2) is 10.5. The molecule has 0 radical (unpaired) electrons. The predicted octanol–water partition coefficient (Wildman–Crippen LogP) is 4.95. The Morgan fingerprint density at radius 2 is 1.71 bits per heavy atom. The number of hydrogen-bond donors (Lipinski definition) is 3. The lowest BCUT2D eigenvalue weighted by atomic mass is 10.00. The Balaban J connectivity index is 1.59. The highest BCUT2D eigenvalue weighted by molar-refractivity contribution is 6.38. The Kier molecular flexibility index (Phi) is 7.30. The van der Waals surface area contributed by atoms with E-state index in [2.05, 4.69) is 20.9 Å². The van der Waals surface area contributed by atoms with Gasteiger partial charge in [0.15, 0.2) is 0 Å². The van der Waals surface area contributed by atoms with Crippen LogP contribution >= 0.6 is 11.6 Å². The van der Waals surface area contributed by atoms with Crippen LogP contribution < -0.4 is 16.0 Å². The molecule has 3 N–H and O–H groups in total. The van der Waals surface area contributed by atoms with Gasteiger partial charge in [0, 0.05) is 28.4 Å². The van der Waals surface area contributed by atoms with Crippen molar-refractivity contribution in [2.24, 2.45) is 0 Å². The Morgan fingerprint density at radius 3 is 2.41 bits per heavy atom. The third-order valence-electron chi connectivity index (χ3n) is 5.52. The van der Waals surface area contributed by atoms with Gasteiger partial charge in [0.25, 0.3) is 11.8 Å². The Morgan fingerprint density at radius 1 is 0.971 bits per heavy atom. The van der Waals surface area contributed by atoms with E-state index in [1.807, 2.05) is 62.6 Å². The van der Waals surface area contributed by atoms with Crippen molar-refractivity contribution in [2.75, 3.05) is 37.8 Å². The number of halogens is 1. The summed E-state index contributed by atoms with van der Waals surface area (Å²) in [4.78, 5) is 27.5. The molecule has 34 heavy (non-hydrogen) atoms. The average Bonchev–Trinajstić information content (AvgIpc) is 3.15. The molecule has 1 aliphatic rings. The van der Waals surface area contributed by atoms with Crippen LogP contribution in [0.3, 0.4) is 0 Å². The molecule has 0 aromatic heterocycles. The molecule has 4 rings (SSSR count). The first-order valence-electron chi connectivity index (χ1n) is 11.1. The molecule has 2 amide bonds. The summed E-state index contributed by atoms with van der Waals surface area (Å²) in [7, 11) is 4.02. The lowest BCUT2D eigenvalue weighted by Gasteiger charge is -2.15. The first-order valence-corrected chi connectivity index (χ1v) is 11.5. The number of anilines is 2. The van der Waals surface area contributed by atoms with Crippen molar-refractivity contribution in [3.63, 3.8) is 0 Å². The molecule has 0 spiro atoms. The molecule has 0 saturated heterocycles. The SMILES string of the molecule is CN(C)CCCNC(=O)c1ccc(N/C(=C2\C(=O)Nc3cc(Cl)ccc32)c2ccccc2)cc1. The van der Waals surface area contributed by atoms with Gasteiger partial charge in [-0.15, -0.1) is 0 Å². The van der Waals surface area contributed by atoms with Crippen LogP contribution in [0, 0.1) is 0 Å². The molecule has 6 nitrogen and oxygen atoms in total. The number of nitrogens with zero attached hydrogens (tertiary/aromatic N) is 1. The number of hydrogen-bond acceptors (Lipinski definition) is 4. The number of rotatable bonds is 8. The number of amides is 2. The van der Waals surface area contributed by atoms with Crippen LogP contribution in [0.25, 0.3) is 11.3 Å². The van der Waals surface area contributed by atoms with E-state index < -0.39 is 0 Å². The molecular formula is C27H27ClN4O2. The van der Waals surface area contributed by atoms with Crippen LogP contribution in [0.2, 0.25) is 5.02 Å². The molecule has 0 atom stereocenters. The number of carbonyl (C=O) groups is 2. The zero-order valence-electron chi connectivity index (χ0n) is 19.2. The van der Waals surface area contributed by atoms with E-state index in [1.165, 1.54) is 0 Å². The minimum atomic E-state index is -0.197. The molecule has 0 bridgehead atoms. The summed E-state index contributed by atoms with van der Waals surface area (Å²) in [5, 5.41) is 9.81. The van der Waals surface area contributed by atoms with Crippen molar-refractivity contribution in [3.8, 4) is 0 Å². The summed E-state index contributed by atoms with van der Waals surface area (Å²) < 4.78 is 0. The van der Waals surface area contributed by atoms with Crippen LogP contribution in [0.1, 0.15) is 27.9 Å². The second-order valence-electron chi connectivity index (χ2n) is 8.38. The summed E-state index contributed by atoms with van der Waals surface area (Å²) in [6.45, 7) is 1.54. The predicted molar refractivity (Wildman–Crippen MR) is 139 cm³/mol. The molecule has 1 heterocycles. The molecule has 0 saturated carbocycles. The van der Waals surface area contributed by atoms with Gasteiger partial charge in [-0.3, -0.25) is 9.59 Å². The monoisotopic (exact) mass is 474 g/mol. The van der Waals surface area contributed by atoms with Crippen molar-refractivity contribution in [1.82, 2.24) is 10.2 Å². The minimum absolute atomic E-state index is 0.104. The Labute approximate surface area is 204 Å². The lowest BCUT2D eigenvalue weighted by molar-refractivity contribution is -0.110. The largest absolute Gasteiger partial charge is 0.354 e. The number of nitrogens with one attached hydrogen (secondary N) is 3. The smallest absolute Gasteiger partial charge is 0.258 e. The van der Waals surface area contributed by atoms with E-state index in [-0.39, 0.29) is 11.8 Å². The summed E-state index contributed by atoms with van der Waals surface area (Å²) in [6, 6.07) is 22.3. The first kappa shape index (κ1) is 23.5. The van der Waals surface area contributed by atoms with Crippen LogP contribution in [-0.4, -0.2) is 43.9 Å². The van der Waals surface area contributed by atoms with Gasteiger partial charge in [0.05, 0.1) is 17.0 Å². The van der Waals surface area contributed by atoms with Gasteiger partial charge in [-0.25, -0.2) is 0 Å². The van der Waals surface area contributed by atoms with Crippen LogP contribution in [0.4, 0.5) is 11.4 Å². The molecule has 7 heteroatoms. The highest BCUT2D eigenvalue weighted by atomic mass is 35.5. The number of fused-ring (bicyclic) bond motifs is 1. The summed E-state index contributed by atoms with van der Waals surface area (Å²) in [5.41, 5.74) is 4.92. The van der Waals surface area contributed by atoms with Crippen LogP contribution in [0.5, 0.6) is 0 Å². The van der Waals surface area contributed by atoms with Gasteiger partial charge in [0.1, 0.15) is 0 Å². The fraction of sp³-hybridized carbons (Fsp3) is 0.185. The maximum absolute atomic E-state index is 13.0. The van der Waals surface area contributed by atoms with Crippen molar-refractivity contribution < 1.29 is 9.59 Å². The minimum Gasteiger partial charge on any atom is -0.354 e. The molecule has 1 aliphatic heterocycles. The summed E-state index contributed by atoms with van der Waals surface area (Å²) in [6.07, 6.45) is 0.890. The van der Waals surface area contributed by atoms with Crippen molar-refractivity contribution in [2.45, 2.75) is 6.42 Å². The molecular weight excluding hydrogens is 448 g/mol. The van der Waals surface area contributed by atoms with Crippen LogP contribution in [-0.2, 0) is 4.79 Å². The number of benzene rings is 3. The summed E-state index contributed by atoms with van der Waals surface area (Å²) in [5.74, 6) is -0.301. The van der Waals surface area contributed by atoms with E-state index in [9.17, 15) is 9.59 Å². The van der Waals surface area contributed by atoms with Crippen molar-refractivity contribution in [3.05, 3.63) is 94.5 Å². The van der Waals surface area contributed by atoms with Gasteiger partial charge in [-0.05, 0) is 69.0 Å². The first-order chi connectivity index (χ1) is 16.4. The van der Waals surface area contributed by atoms with Crippen LogP contribution in [0.15, 0.2) is 72.8 Å². The van der Waals surface area contributed by atoms with Gasteiger partial charge in [-0.1, -0.05) is 48.0 Å².